The van der Waals surface area contributed by atoms with E-state index in [1.807, 2.05) is 25.1 Å². The number of aromatic nitrogens is 5. The molecule has 8 nitrogen and oxygen atoms in total. The van der Waals surface area contributed by atoms with Gasteiger partial charge in [-0.05, 0) is 66.5 Å². The molecule has 3 heterocycles. The maximum atomic E-state index is 13.1. The fraction of sp³-hybridized carbons (Fsp3) is 0.615. The van der Waals surface area contributed by atoms with Gasteiger partial charge in [-0.3, -0.25) is 9.69 Å². The number of aryl methyl sites for hydroxylation is 1. The lowest BCUT2D eigenvalue weighted by atomic mass is 10.0. The number of pyridine rings is 1. The molecule has 3 aromatic rings. The number of tetrazole rings is 1. The monoisotopic (exact) mass is 464 g/mol. The Bertz CT molecular complexity index is 1160. The number of hydrogen-bond acceptors (Lipinski definition) is 6. The Kier molecular flexibility index (Phi) is 7.06. The third-order valence-electron chi connectivity index (χ3n) is 7.49. The van der Waals surface area contributed by atoms with Gasteiger partial charge >= 0.3 is 0 Å². The van der Waals surface area contributed by atoms with Crippen molar-refractivity contribution in [1.29, 1.82) is 0 Å². The minimum atomic E-state index is -0.0234. The molecule has 2 atom stereocenters. The number of fused-ring (bicyclic) bond motifs is 1. The number of para-hydroxylation sites is 1. The lowest BCUT2D eigenvalue weighted by molar-refractivity contribution is 0.0471. The van der Waals surface area contributed by atoms with Crippen molar-refractivity contribution in [1.82, 2.24) is 30.1 Å². The second-order valence-corrected chi connectivity index (χ2v) is 9.95. The Morgan fingerprint density at radius 3 is 2.85 bits per heavy atom. The Labute approximate surface area is 200 Å². The molecule has 1 N–H and O–H groups in total. The number of benzene rings is 1. The number of rotatable bonds is 9. The van der Waals surface area contributed by atoms with Gasteiger partial charge in [0.1, 0.15) is 0 Å². The Morgan fingerprint density at radius 2 is 2.09 bits per heavy atom. The predicted molar refractivity (Wildman–Crippen MR) is 132 cm³/mol. The zero-order valence-corrected chi connectivity index (χ0v) is 20.4. The number of hydrogen-bond donors (Lipinski definition) is 1. The fourth-order valence-electron chi connectivity index (χ4n) is 5.69. The summed E-state index contributed by atoms with van der Waals surface area (Å²) in [6, 6.07) is 8.60. The van der Waals surface area contributed by atoms with Crippen LogP contribution in [0.2, 0.25) is 0 Å². The minimum Gasteiger partial charge on any atom is -0.377 e. The van der Waals surface area contributed by atoms with Crippen molar-refractivity contribution in [2.75, 3.05) is 13.2 Å². The molecule has 1 saturated heterocycles. The van der Waals surface area contributed by atoms with Crippen LogP contribution >= 0.6 is 0 Å². The first-order valence-electron chi connectivity index (χ1n) is 12.9. The molecule has 0 spiro atoms. The number of aromatic amines is 1. The summed E-state index contributed by atoms with van der Waals surface area (Å²) in [6.07, 6.45) is 8.99. The Balaban J connectivity index is 1.51. The van der Waals surface area contributed by atoms with E-state index in [1.165, 1.54) is 12.8 Å². The molecule has 34 heavy (non-hydrogen) atoms. The average Bonchev–Trinajstić information content (AvgIpc) is 3.60. The zero-order chi connectivity index (χ0) is 23.5. The molecule has 1 aliphatic heterocycles. The van der Waals surface area contributed by atoms with Crippen LogP contribution in [0.5, 0.6) is 0 Å². The van der Waals surface area contributed by atoms with Gasteiger partial charge in [-0.25, -0.2) is 4.68 Å². The largest absolute Gasteiger partial charge is 0.377 e. The smallest absolute Gasteiger partial charge is 0.252 e. The highest BCUT2D eigenvalue weighted by Crippen LogP contribution is 2.34. The molecule has 8 heteroatoms. The van der Waals surface area contributed by atoms with Crippen LogP contribution in [-0.4, -0.2) is 49.3 Å². The minimum absolute atomic E-state index is 0.0234. The van der Waals surface area contributed by atoms with Crippen LogP contribution in [0.3, 0.4) is 0 Å². The van der Waals surface area contributed by atoms with E-state index < -0.39 is 0 Å². The predicted octanol–water partition coefficient (Wildman–Crippen LogP) is 4.46. The van der Waals surface area contributed by atoms with E-state index in [9.17, 15) is 4.79 Å². The lowest BCUT2D eigenvalue weighted by Crippen LogP contribution is -2.38. The first-order chi connectivity index (χ1) is 16.6. The van der Waals surface area contributed by atoms with Crippen molar-refractivity contribution in [3.05, 3.63) is 51.6 Å². The van der Waals surface area contributed by atoms with Crippen molar-refractivity contribution >= 4 is 10.9 Å². The highest BCUT2D eigenvalue weighted by Gasteiger charge is 2.32. The van der Waals surface area contributed by atoms with Crippen LogP contribution in [0.25, 0.3) is 10.9 Å². The highest BCUT2D eigenvalue weighted by molar-refractivity contribution is 5.81. The van der Waals surface area contributed by atoms with Gasteiger partial charge < -0.3 is 9.72 Å². The summed E-state index contributed by atoms with van der Waals surface area (Å²) in [4.78, 5) is 18.7. The maximum absolute atomic E-state index is 13.1. The average molecular weight is 465 g/mol. The second-order valence-electron chi connectivity index (χ2n) is 9.95. The summed E-state index contributed by atoms with van der Waals surface area (Å²) in [7, 11) is 0. The SMILES string of the molecule is CCC[C@H](c1nnnn1C1CCCC1)N(Cc1cc2cccc(C)c2[nH]c1=O)C[C@@H]1CCCO1. The van der Waals surface area contributed by atoms with Crippen molar-refractivity contribution in [2.45, 2.75) is 89.9 Å². The standard InChI is InChI=1S/C26H36N6O2/c1-3-8-23(25-28-29-30-32(25)21-11-4-5-12-21)31(17-22-13-7-14-34-22)16-20-15-19-10-6-9-18(2)24(19)27-26(20)33/h6,9-10,15,21-23H,3-5,7-8,11-14,16-17H2,1-2H3,(H,27,33)/t22-,23+/m0/s1. The molecule has 1 saturated carbocycles. The van der Waals surface area contributed by atoms with Crippen molar-refractivity contribution in [3.8, 4) is 0 Å². The molecule has 0 amide bonds. The molecule has 1 aliphatic carbocycles. The molecule has 2 aromatic heterocycles. The highest BCUT2D eigenvalue weighted by atomic mass is 16.5. The molecule has 0 radical (unpaired) electrons. The molecule has 2 fully saturated rings. The van der Waals surface area contributed by atoms with E-state index >= 15 is 0 Å². The van der Waals surface area contributed by atoms with E-state index in [4.69, 9.17) is 4.74 Å². The van der Waals surface area contributed by atoms with E-state index in [1.54, 1.807) is 0 Å². The van der Waals surface area contributed by atoms with Gasteiger partial charge in [-0.15, -0.1) is 5.10 Å². The Hall–Kier alpha value is -2.58. The van der Waals surface area contributed by atoms with Crippen LogP contribution in [-0.2, 0) is 11.3 Å². The number of nitrogens with zero attached hydrogens (tertiary/aromatic N) is 5. The van der Waals surface area contributed by atoms with Gasteiger partial charge in [-0.2, -0.15) is 0 Å². The van der Waals surface area contributed by atoms with Gasteiger partial charge in [0, 0.05) is 25.3 Å². The van der Waals surface area contributed by atoms with Crippen molar-refractivity contribution in [3.63, 3.8) is 0 Å². The summed E-state index contributed by atoms with van der Waals surface area (Å²) >= 11 is 0. The number of H-pyrrole nitrogens is 1. The van der Waals surface area contributed by atoms with E-state index in [2.05, 4.69) is 43.1 Å². The molecule has 5 rings (SSSR count). The van der Waals surface area contributed by atoms with Gasteiger partial charge in [0.25, 0.3) is 5.56 Å². The first-order valence-corrected chi connectivity index (χ1v) is 12.9. The molecule has 1 aromatic carbocycles. The number of ether oxygens (including phenoxy) is 1. The van der Waals surface area contributed by atoms with Gasteiger partial charge in [0.05, 0.1) is 23.7 Å². The third-order valence-corrected chi connectivity index (χ3v) is 7.49. The summed E-state index contributed by atoms with van der Waals surface area (Å²) < 4.78 is 8.10. The summed E-state index contributed by atoms with van der Waals surface area (Å²) in [6.45, 7) is 6.36. The summed E-state index contributed by atoms with van der Waals surface area (Å²) in [5.41, 5.74) is 2.75. The van der Waals surface area contributed by atoms with Gasteiger partial charge in [0.15, 0.2) is 5.82 Å². The van der Waals surface area contributed by atoms with Crippen molar-refractivity contribution in [2.24, 2.45) is 0 Å². The molecular formula is C26H36N6O2. The maximum Gasteiger partial charge on any atom is 0.252 e. The molecule has 2 aliphatic rings. The van der Waals surface area contributed by atoms with E-state index in [0.29, 0.717) is 12.6 Å². The number of nitrogens with one attached hydrogen (secondary N) is 1. The Morgan fingerprint density at radius 1 is 1.24 bits per heavy atom. The van der Waals surface area contributed by atoms with Crippen LogP contribution in [0.15, 0.2) is 29.1 Å². The van der Waals surface area contributed by atoms with Crippen LogP contribution < -0.4 is 5.56 Å². The van der Waals surface area contributed by atoms with Gasteiger partial charge in [0.2, 0.25) is 0 Å². The molecule has 0 unspecified atom stereocenters. The first kappa shape index (κ1) is 23.2. The van der Waals surface area contributed by atoms with Crippen LogP contribution in [0, 0.1) is 6.92 Å². The zero-order valence-electron chi connectivity index (χ0n) is 20.4. The van der Waals surface area contributed by atoms with Gasteiger partial charge in [-0.1, -0.05) is 44.4 Å². The van der Waals surface area contributed by atoms with Crippen molar-refractivity contribution < 1.29 is 4.74 Å². The molecule has 182 valence electrons. The quantitative estimate of drug-likeness (QED) is 0.503. The van der Waals surface area contributed by atoms with Crippen LogP contribution in [0.4, 0.5) is 0 Å². The summed E-state index contributed by atoms with van der Waals surface area (Å²) in [5.74, 6) is 0.930. The topological polar surface area (TPSA) is 88.9 Å². The normalized spacial score (nSPS) is 20.0. The molecule has 0 bridgehead atoms. The second kappa shape index (κ2) is 10.4. The van der Waals surface area contributed by atoms with E-state index in [0.717, 1.165) is 79.5 Å². The molecular weight excluding hydrogens is 428 g/mol. The third kappa shape index (κ3) is 4.79. The lowest BCUT2D eigenvalue weighted by Gasteiger charge is -2.33. The fourth-order valence-corrected chi connectivity index (χ4v) is 5.69. The summed E-state index contributed by atoms with van der Waals surface area (Å²) in [5, 5.41) is 14.1. The van der Waals surface area contributed by atoms with Crippen LogP contribution in [0.1, 0.15) is 87.3 Å². The van der Waals surface area contributed by atoms with E-state index in [-0.39, 0.29) is 17.7 Å².